The average Bonchev–Trinajstić information content (AvgIpc) is 3.14. The fourth-order valence-corrected chi connectivity index (χ4v) is 3.07. The lowest BCUT2D eigenvalue weighted by Crippen LogP contribution is -2.23. The van der Waals surface area contributed by atoms with Crippen molar-refractivity contribution in [2.24, 2.45) is 11.7 Å². The van der Waals surface area contributed by atoms with Crippen molar-refractivity contribution >= 4 is 33.8 Å². The average molecular weight is 282 g/mol. The summed E-state index contributed by atoms with van der Waals surface area (Å²) < 4.78 is 0. The highest BCUT2D eigenvalue weighted by Crippen LogP contribution is 2.39. The molecule has 6 N–H and O–H groups in total. The van der Waals surface area contributed by atoms with Crippen molar-refractivity contribution in [3.63, 3.8) is 0 Å². The minimum Gasteiger partial charge on any atom is -0.397 e. The van der Waals surface area contributed by atoms with Gasteiger partial charge >= 0.3 is 0 Å². The van der Waals surface area contributed by atoms with Crippen LogP contribution in [0.25, 0.3) is 0 Å². The molecule has 0 spiro atoms. The van der Waals surface area contributed by atoms with Gasteiger partial charge in [0.15, 0.2) is 0 Å². The number of nitrogens with two attached hydrogens (primary N) is 2. The Hall–Kier alpha value is -1.76. The topological polar surface area (TPSA) is 110 Å². The highest BCUT2D eigenvalue weighted by Gasteiger charge is 2.30. The summed E-state index contributed by atoms with van der Waals surface area (Å²) in [5, 5.41) is 6.42. The Morgan fingerprint density at radius 3 is 2.53 bits per heavy atom. The lowest BCUT2D eigenvalue weighted by atomic mass is 10.2. The third kappa shape index (κ3) is 2.65. The number of rotatable bonds is 5. The second-order valence-electron chi connectivity index (χ2n) is 4.76. The first kappa shape index (κ1) is 13.7. The first-order valence-corrected chi connectivity index (χ1v) is 6.98. The minimum atomic E-state index is -0.611. The van der Waals surface area contributed by atoms with Gasteiger partial charge in [-0.2, -0.15) is 0 Å². The van der Waals surface area contributed by atoms with Crippen LogP contribution in [0.5, 0.6) is 0 Å². The van der Waals surface area contributed by atoms with E-state index < -0.39 is 5.91 Å². The zero-order valence-corrected chi connectivity index (χ0v) is 11.8. The Balaban J connectivity index is 2.36. The third-order valence-electron chi connectivity index (χ3n) is 3.31. The van der Waals surface area contributed by atoms with Gasteiger partial charge in [0, 0.05) is 13.1 Å². The molecule has 0 radical (unpaired) electrons. The summed E-state index contributed by atoms with van der Waals surface area (Å²) in [5.74, 6) is -0.301. The predicted molar refractivity (Wildman–Crippen MR) is 76.4 cm³/mol. The summed E-state index contributed by atoms with van der Waals surface area (Å²) in [4.78, 5) is 23.4. The molecule has 7 heteroatoms. The van der Waals surface area contributed by atoms with Crippen LogP contribution in [0.4, 0.5) is 10.7 Å². The van der Waals surface area contributed by atoms with Crippen molar-refractivity contribution in [2.75, 3.05) is 18.1 Å². The van der Waals surface area contributed by atoms with E-state index in [-0.39, 0.29) is 22.5 Å². The van der Waals surface area contributed by atoms with Crippen LogP contribution in [0, 0.1) is 5.92 Å². The number of carbonyl (C=O) groups excluding carboxylic acids is 2. The lowest BCUT2D eigenvalue weighted by Gasteiger charge is -2.14. The van der Waals surface area contributed by atoms with Crippen molar-refractivity contribution in [2.45, 2.75) is 25.8 Å². The van der Waals surface area contributed by atoms with Crippen LogP contribution >= 0.6 is 11.3 Å². The van der Waals surface area contributed by atoms with E-state index >= 15 is 0 Å². The monoisotopic (exact) mass is 282 g/mol. The fourth-order valence-electron chi connectivity index (χ4n) is 2.00. The summed E-state index contributed by atoms with van der Waals surface area (Å²) in [6.45, 7) is 2.06. The number of primary amides is 1. The van der Waals surface area contributed by atoms with Crippen molar-refractivity contribution in [3.8, 4) is 0 Å². The van der Waals surface area contributed by atoms with Crippen LogP contribution in [0.2, 0.25) is 0 Å². The van der Waals surface area contributed by atoms with Crippen LogP contribution in [-0.4, -0.2) is 24.9 Å². The van der Waals surface area contributed by atoms with Gasteiger partial charge in [0.2, 0.25) is 0 Å². The van der Waals surface area contributed by atoms with Crippen molar-refractivity contribution in [1.82, 2.24) is 5.32 Å². The third-order valence-corrected chi connectivity index (χ3v) is 4.46. The SMILES string of the molecule is CNC(=O)c1c(NC(C)C2CC2)sc(C(N)=O)c1N. The van der Waals surface area contributed by atoms with Crippen LogP contribution in [0.15, 0.2) is 0 Å². The maximum absolute atomic E-state index is 11.9. The Bertz CT molecular complexity index is 522. The van der Waals surface area contributed by atoms with E-state index in [4.69, 9.17) is 11.5 Å². The Morgan fingerprint density at radius 1 is 1.42 bits per heavy atom. The molecule has 1 aromatic rings. The van der Waals surface area contributed by atoms with Crippen LogP contribution in [-0.2, 0) is 0 Å². The van der Waals surface area contributed by atoms with E-state index in [2.05, 4.69) is 17.6 Å². The summed E-state index contributed by atoms with van der Waals surface area (Å²) in [6, 6.07) is 0.252. The van der Waals surface area contributed by atoms with Gasteiger partial charge in [-0.1, -0.05) is 0 Å². The molecule has 0 saturated heterocycles. The van der Waals surface area contributed by atoms with Gasteiger partial charge in [0.05, 0.1) is 11.3 Å². The Kier molecular flexibility index (Phi) is 3.66. The van der Waals surface area contributed by atoms with Gasteiger partial charge in [-0.05, 0) is 25.7 Å². The van der Waals surface area contributed by atoms with Crippen molar-refractivity contribution in [3.05, 3.63) is 10.4 Å². The second-order valence-corrected chi connectivity index (χ2v) is 5.78. The quantitative estimate of drug-likeness (QED) is 0.645. The molecule has 0 bridgehead atoms. The van der Waals surface area contributed by atoms with E-state index in [1.165, 1.54) is 19.9 Å². The maximum atomic E-state index is 11.9. The zero-order valence-electron chi connectivity index (χ0n) is 10.9. The van der Waals surface area contributed by atoms with Gasteiger partial charge in [0.1, 0.15) is 9.88 Å². The number of nitrogen functional groups attached to an aromatic ring is 1. The maximum Gasteiger partial charge on any atom is 0.260 e. The molecule has 0 aromatic carbocycles. The van der Waals surface area contributed by atoms with Crippen LogP contribution < -0.4 is 22.1 Å². The summed E-state index contributed by atoms with van der Waals surface area (Å²) in [7, 11) is 1.53. The van der Waals surface area contributed by atoms with E-state index in [1.54, 1.807) is 0 Å². The first-order chi connectivity index (χ1) is 8.95. The molecule has 1 aliphatic rings. The van der Waals surface area contributed by atoms with Gasteiger partial charge in [-0.3, -0.25) is 9.59 Å². The number of thiophene rings is 1. The normalized spacial score (nSPS) is 15.9. The molecule has 19 heavy (non-hydrogen) atoms. The summed E-state index contributed by atoms with van der Waals surface area (Å²) in [5.41, 5.74) is 11.6. The fraction of sp³-hybridized carbons (Fsp3) is 0.500. The second kappa shape index (κ2) is 5.08. The smallest absolute Gasteiger partial charge is 0.260 e. The minimum absolute atomic E-state index is 0.155. The van der Waals surface area contributed by atoms with E-state index in [0.29, 0.717) is 16.5 Å². The highest BCUT2D eigenvalue weighted by molar-refractivity contribution is 7.19. The van der Waals surface area contributed by atoms with Gasteiger partial charge in [0.25, 0.3) is 11.8 Å². The number of nitrogens with one attached hydrogen (secondary N) is 2. The molecule has 1 aromatic heterocycles. The largest absolute Gasteiger partial charge is 0.397 e. The molecule has 0 aliphatic heterocycles. The molecule has 2 rings (SSSR count). The van der Waals surface area contributed by atoms with Crippen molar-refractivity contribution < 1.29 is 9.59 Å². The standard InChI is InChI=1S/C12H18N4O2S/c1-5(6-3-4-6)16-12-7(11(18)15-2)8(13)9(19-12)10(14)17/h5-6,16H,3-4,13H2,1-2H3,(H2,14,17)(H,15,18). The number of anilines is 2. The number of carbonyl (C=O) groups is 2. The van der Waals surface area contributed by atoms with E-state index in [9.17, 15) is 9.59 Å². The van der Waals surface area contributed by atoms with E-state index in [1.807, 2.05) is 0 Å². The molecule has 1 fully saturated rings. The number of hydrogen-bond acceptors (Lipinski definition) is 5. The molecule has 1 aliphatic carbocycles. The molecule has 1 saturated carbocycles. The number of hydrogen-bond donors (Lipinski definition) is 4. The van der Waals surface area contributed by atoms with E-state index in [0.717, 1.165) is 11.3 Å². The predicted octanol–water partition coefficient (Wildman–Crippen LogP) is 0.999. The van der Waals surface area contributed by atoms with Gasteiger partial charge < -0.3 is 22.1 Å². The van der Waals surface area contributed by atoms with Crippen LogP contribution in [0.3, 0.4) is 0 Å². The lowest BCUT2D eigenvalue weighted by molar-refractivity contribution is 0.0965. The Labute approximate surface area is 115 Å². The highest BCUT2D eigenvalue weighted by atomic mass is 32.1. The summed E-state index contributed by atoms with van der Waals surface area (Å²) >= 11 is 1.14. The molecule has 6 nitrogen and oxygen atoms in total. The molecule has 104 valence electrons. The molecular formula is C12H18N4O2S. The Morgan fingerprint density at radius 2 is 2.05 bits per heavy atom. The summed E-state index contributed by atoms with van der Waals surface area (Å²) in [6.07, 6.45) is 2.38. The van der Waals surface area contributed by atoms with Crippen LogP contribution in [0.1, 0.15) is 39.8 Å². The molecular weight excluding hydrogens is 264 g/mol. The van der Waals surface area contributed by atoms with Gasteiger partial charge in [-0.25, -0.2) is 0 Å². The zero-order chi connectivity index (χ0) is 14.2. The first-order valence-electron chi connectivity index (χ1n) is 6.16. The number of amides is 2. The van der Waals surface area contributed by atoms with Gasteiger partial charge in [-0.15, -0.1) is 11.3 Å². The molecule has 1 atom stereocenters. The molecule has 2 amide bonds. The molecule has 1 unspecified atom stereocenters. The van der Waals surface area contributed by atoms with Crippen molar-refractivity contribution in [1.29, 1.82) is 0 Å². The molecule has 1 heterocycles.